The third-order valence-corrected chi connectivity index (χ3v) is 5.60. The van der Waals surface area contributed by atoms with E-state index in [2.05, 4.69) is 21.2 Å². The van der Waals surface area contributed by atoms with E-state index in [1.54, 1.807) is 14.2 Å². The van der Waals surface area contributed by atoms with Gasteiger partial charge < -0.3 is 29.4 Å². The zero-order valence-electron chi connectivity index (χ0n) is 18.2. The molecule has 1 saturated heterocycles. The number of ether oxygens (including phenoxy) is 5. The van der Waals surface area contributed by atoms with E-state index in [1.807, 2.05) is 18.2 Å². The molecule has 1 aromatic heterocycles. The van der Waals surface area contributed by atoms with Gasteiger partial charge in [0.2, 0.25) is 11.8 Å². The number of allylic oxidation sites excluding steroid dienone is 1. The summed E-state index contributed by atoms with van der Waals surface area (Å²) in [4.78, 5) is 2.30. The topological polar surface area (TPSA) is 128 Å². The molecule has 0 spiro atoms. The lowest BCUT2D eigenvalue weighted by atomic mass is 9.84. The second kappa shape index (κ2) is 9.91. The van der Waals surface area contributed by atoms with Crippen LogP contribution in [0.4, 0.5) is 0 Å². The van der Waals surface area contributed by atoms with Gasteiger partial charge in [0.15, 0.2) is 11.5 Å². The van der Waals surface area contributed by atoms with E-state index in [0.29, 0.717) is 36.2 Å². The van der Waals surface area contributed by atoms with Crippen molar-refractivity contribution in [1.82, 2.24) is 15.1 Å². The number of benzene rings is 1. The molecule has 0 unspecified atom stereocenters. The molecule has 10 nitrogen and oxygen atoms in total. The first-order chi connectivity index (χ1) is 15.7. The van der Waals surface area contributed by atoms with Crippen molar-refractivity contribution in [2.24, 2.45) is 5.73 Å². The number of nitrogens with one attached hydrogen (secondary N) is 1. The molecular weight excluding hydrogens is 414 g/mol. The molecule has 2 aliphatic rings. The smallest absolute Gasteiger partial charge is 0.244 e. The number of nitrogens with zero attached hydrogens (tertiary/aromatic N) is 3. The van der Waals surface area contributed by atoms with Crippen LogP contribution >= 0.6 is 0 Å². The summed E-state index contributed by atoms with van der Waals surface area (Å²) in [5.74, 6) is 1.11. The van der Waals surface area contributed by atoms with E-state index >= 15 is 0 Å². The van der Waals surface area contributed by atoms with E-state index in [0.717, 1.165) is 49.7 Å². The molecule has 32 heavy (non-hydrogen) atoms. The molecule has 4 rings (SSSR count). The van der Waals surface area contributed by atoms with Crippen LogP contribution in [0.2, 0.25) is 0 Å². The van der Waals surface area contributed by atoms with Crippen LogP contribution in [0.3, 0.4) is 0 Å². The Balaban J connectivity index is 1.60. The monoisotopic (exact) mass is 441 g/mol. The lowest BCUT2D eigenvalue weighted by Crippen LogP contribution is -2.38. The number of rotatable bonds is 8. The fourth-order valence-corrected chi connectivity index (χ4v) is 3.99. The first-order valence-electron chi connectivity index (χ1n) is 10.4. The van der Waals surface area contributed by atoms with Crippen LogP contribution in [-0.2, 0) is 16.1 Å². The van der Waals surface area contributed by atoms with Crippen LogP contribution < -0.4 is 19.9 Å². The van der Waals surface area contributed by atoms with Crippen LogP contribution in [0.15, 0.2) is 29.7 Å². The van der Waals surface area contributed by atoms with Crippen molar-refractivity contribution in [3.05, 3.63) is 46.5 Å². The van der Waals surface area contributed by atoms with Crippen LogP contribution in [0, 0.1) is 11.3 Å². The Morgan fingerprint density at radius 2 is 2.09 bits per heavy atom. The Morgan fingerprint density at radius 3 is 2.81 bits per heavy atom. The maximum Gasteiger partial charge on any atom is 0.244 e. The number of hydrogen-bond acceptors (Lipinski definition) is 9. The first kappa shape index (κ1) is 22.0. The standard InChI is InChI=1S/C22H27N5O5/c1-28-13-16-20-19(15(12-23)21(24)32-22(20)26-25-16)14-3-4-17(18(11-14)29-2)31-10-7-27-5-8-30-9-6-27/h3-4,11,19H,5-10,13,24H2,1-2H3,(H,25,26)/t19-/m0/s1. The summed E-state index contributed by atoms with van der Waals surface area (Å²) in [6, 6.07) is 7.80. The van der Waals surface area contributed by atoms with E-state index in [-0.39, 0.29) is 5.88 Å². The Morgan fingerprint density at radius 1 is 1.28 bits per heavy atom. The Bertz CT molecular complexity index is 1020. The SMILES string of the molecule is COCc1[nH]nc2c1[C@@H](c1ccc(OCCN3CCOCC3)c(OC)c1)C(C#N)=C(N)O2. The van der Waals surface area contributed by atoms with E-state index < -0.39 is 5.92 Å². The number of fused-ring (bicyclic) bond motifs is 1. The minimum absolute atomic E-state index is 0.0327. The molecule has 0 saturated carbocycles. The highest BCUT2D eigenvalue weighted by atomic mass is 16.5. The second-order valence-electron chi connectivity index (χ2n) is 7.49. The number of methoxy groups -OCH3 is 2. The van der Waals surface area contributed by atoms with Crippen LogP contribution in [-0.4, -0.2) is 68.8 Å². The Hall–Kier alpha value is -3.26. The molecule has 3 N–H and O–H groups in total. The normalized spacial score (nSPS) is 18.6. The molecule has 2 aromatic rings. The molecule has 0 aliphatic carbocycles. The first-order valence-corrected chi connectivity index (χ1v) is 10.4. The highest BCUT2D eigenvalue weighted by Gasteiger charge is 2.35. The van der Waals surface area contributed by atoms with Crippen molar-refractivity contribution in [2.75, 3.05) is 53.7 Å². The predicted molar refractivity (Wildman–Crippen MR) is 114 cm³/mol. The van der Waals surface area contributed by atoms with Gasteiger partial charge in [-0.3, -0.25) is 10.00 Å². The molecule has 3 heterocycles. The summed E-state index contributed by atoms with van der Waals surface area (Å²) in [5.41, 5.74) is 8.59. The van der Waals surface area contributed by atoms with Crippen LogP contribution in [0.25, 0.3) is 0 Å². The molecular formula is C22H27N5O5. The quantitative estimate of drug-likeness (QED) is 0.626. The predicted octanol–water partition coefficient (Wildman–Crippen LogP) is 1.49. The number of H-pyrrole nitrogens is 1. The highest BCUT2D eigenvalue weighted by molar-refractivity contribution is 5.57. The maximum absolute atomic E-state index is 9.80. The molecule has 0 amide bonds. The molecule has 0 radical (unpaired) electrons. The third kappa shape index (κ3) is 4.36. The molecule has 1 aromatic carbocycles. The lowest BCUT2D eigenvalue weighted by molar-refractivity contribution is 0.0321. The summed E-state index contributed by atoms with van der Waals surface area (Å²) in [5, 5.41) is 16.9. The number of nitriles is 1. The summed E-state index contributed by atoms with van der Waals surface area (Å²) >= 11 is 0. The van der Waals surface area contributed by atoms with Gasteiger partial charge >= 0.3 is 0 Å². The zero-order valence-corrected chi connectivity index (χ0v) is 18.2. The van der Waals surface area contributed by atoms with Gasteiger partial charge in [0.05, 0.1) is 44.1 Å². The summed E-state index contributed by atoms with van der Waals surface area (Å²) in [7, 11) is 3.18. The summed E-state index contributed by atoms with van der Waals surface area (Å²) in [6.07, 6.45) is 0. The number of aromatic nitrogens is 2. The van der Waals surface area contributed by atoms with Crippen LogP contribution in [0.1, 0.15) is 22.7 Å². The van der Waals surface area contributed by atoms with Crippen LogP contribution in [0.5, 0.6) is 17.4 Å². The molecule has 1 fully saturated rings. The molecule has 0 bridgehead atoms. The van der Waals surface area contributed by atoms with Crippen molar-refractivity contribution in [3.8, 4) is 23.4 Å². The van der Waals surface area contributed by atoms with E-state index in [1.165, 1.54) is 0 Å². The van der Waals surface area contributed by atoms with Gasteiger partial charge in [-0.05, 0) is 17.7 Å². The van der Waals surface area contributed by atoms with Crippen molar-refractivity contribution in [3.63, 3.8) is 0 Å². The van der Waals surface area contributed by atoms with Crippen molar-refractivity contribution >= 4 is 0 Å². The maximum atomic E-state index is 9.80. The average Bonchev–Trinajstić information content (AvgIpc) is 3.21. The van der Waals surface area contributed by atoms with Crippen molar-refractivity contribution < 1.29 is 23.7 Å². The largest absolute Gasteiger partial charge is 0.493 e. The minimum atomic E-state index is -0.469. The number of morpholine rings is 1. The highest BCUT2D eigenvalue weighted by Crippen LogP contribution is 2.44. The second-order valence-corrected chi connectivity index (χ2v) is 7.49. The number of nitrogens with two attached hydrogens (primary N) is 1. The zero-order chi connectivity index (χ0) is 22.5. The Kier molecular flexibility index (Phi) is 6.80. The van der Waals surface area contributed by atoms with Gasteiger partial charge in [-0.15, -0.1) is 5.10 Å². The van der Waals surface area contributed by atoms with Gasteiger partial charge in [-0.1, -0.05) is 6.07 Å². The van der Waals surface area contributed by atoms with Gasteiger partial charge in [0.25, 0.3) is 0 Å². The third-order valence-electron chi connectivity index (χ3n) is 5.60. The van der Waals surface area contributed by atoms with Gasteiger partial charge in [0, 0.05) is 26.7 Å². The van der Waals surface area contributed by atoms with Gasteiger partial charge in [-0.2, -0.15) is 5.26 Å². The van der Waals surface area contributed by atoms with Crippen molar-refractivity contribution in [2.45, 2.75) is 12.5 Å². The number of hydrogen-bond donors (Lipinski definition) is 2. The van der Waals surface area contributed by atoms with Crippen molar-refractivity contribution in [1.29, 1.82) is 5.26 Å². The minimum Gasteiger partial charge on any atom is -0.493 e. The lowest BCUT2D eigenvalue weighted by Gasteiger charge is -2.26. The fraction of sp³-hybridized carbons (Fsp3) is 0.455. The molecule has 1 atom stereocenters. The van der Waals surface area contributed by atoms with Gasteiger partial charge in [0.1, 0.15) is 18.2 Å². The van der Waals surface area contributed by atoms with E-state index in [4.69, 9.17) is 29.4 Å². The Labute approximate surface area is 186 Å². The van der Waals surface area contributed by atoms with Gasteiger partial charge in [-0.25, -0.2) is 0 Å². The molecule has 170 valence electrons. The number of aromatic amines is 1. The average molecular weight is 441 g/mol. The molecule has 2 aliphatic heterocycles. The fourth-order valence-electron chi connectivity index (χ4n) is 3.99. The summed E-state index contributed by atoms with van der Waals surface area (Å²) in [6.45, 7) is 4.96. The summed E-state index contributed by atoms with van der Waals surface area (Å²) < 4.78 is 27.8. The van der Waals surface area contributed by atoms with E-state index in [9.17, 15) is 5.26 Å². The molecule has 10 heteroatoms.